The summed E-state index contributed by atoms with van der Waals surface area (Å²) in [6.07, 6.45) is 1.38. The van der Waals surface area contributed by atoms with E-state index in [1.165, 1.54) is 31.6 Å². The first kappa shape index (κ1) is 16.3. The minimum absolute atomic E-state index is 0.00296. The third-order valence-corrected chi connectivity index (χ3v) is 2.78. The van der Waals surface area contributed by atoms with E-state index in [-0.39, 0.29) is 31.1 Å². The van der Waals surface area contributed by atoms with Crippen molar-refractivity contribution < 1.29 is 32.7 Å². The molecule has 23 heavy (non-hydrogen) atoms. The molecule has 8 heteroatoms. The number of furan rings is 2. The maximum atomic E-state index is 11.6. The van der Waals surface area contributed by atoms with Crippen LogP contribution in [0, 0.1) is 0 Å². The molecule has 0 saturated carbocycles. The predicted molar refractivity (Wildman–Crippen MR) is 75.5 cm³/mol. The van der Waals surface area contributed by atoms with Crippen LogP contribution < -0.4 is 5.32 Å². The number of rotatable bonds is 7. The Balaban J connectivity index is 1.68. The average Bonchev–Trinajstić information content (AvgIpc) is 3.23. The van der Waals surface area contributed by atoms with Gasteiger partial charge in [0.2, 0.25) is 5.76 Å². The van der Waals surface area contributed by atoms with Crippen molar-refractivity contribution in [2.24, 2.45) is 0 Å². The van der Waals surface area contributed by atoms with Crippen molar-refractivity contribution in [3.63, 3.8) is 0 Å². The van der Waals surface area contributed by atoms with Crippen molar-refractivity contribution in [1.29, 1.82) is 0 Å². The molecule has 0 bridgehead atoms. The van der Waals surface area contributed by atoms with E-state index < -0.39 is 17.8 Å². The average molecular weight is 321 g/mol. The molecule has 2 aromatic heterocycles. The minimum atomic E-state index is -0.608. The number of ether oxygens (including phenoxy) is 2. The number of nitrogens with one attached hydrogen (secondary N) is 1. The van der Waals surface area contributed by atoms with Crippen LogP contribution in [-0.4, -0.2) is 31.5 Å². The summed E-state index contributed by atoms with van der Waals surface area (Å²) in [6.45, 7) is 0.00584. The fourth-order valence-corrected chi connectivity index (χ4v) is 1.66. The van der Waals surface area contributed by atoms with Crippen LogP contribution in [0.3, 0.4) is 0 Å². The van der Waals surface area contributed by atoms with Gasteiger partial charge in [0.05, 0.1) is 19.8 Å². The second-order valence-corrected chi connectivity index (χ2v) is 4.40. The highest BCUT2D eigenvalue weighted by atomic mass is 16.5. The van der Waals surface area contributed by atoms with Crippen LogP contribution >= 0.6 is 0 Å². The van der Waals surface area contributed by atoms with Crippen LogP contribution in [0.25, 0.3) is 0 Å². The Morgan fingerprint density at radius 1 is 1.17 bits per heavy atom. The predicted octanol–water partition coefficient (Wildman–Crippen LogP) is 1.52. The van der Waals surface area contributed by atoms with Crippen LogP contribution in [0.2, 0.25) is 0 Å². The molecule has 1 N–H and O–H groups in total. The summed E-state index contributed by atoms with van der Waals surface area (Å²) in [4.78, 5) is 34.3. The van der Waals surface area contributed by atoms with Crippen LogP contribution in [0.1, 0.15) is 33.3 Å². The molecule has 0 radical (unpaired) electrons. The van der Waals surface area contributed by atoms with Gasteiger partial charge < -0.3 is 23.6 Å². The van der Waals surface area contributed by atoms with Gasteiger partial charge in [-0.05, 0) is 24.3 Å². The molecule has 0 aliphatic carbocycles. The van der Waals surface area contributed by atoms with Crippen LogP contribution in [0.15, 0.2) is 39.4 Å². The lowest BCUT2D eigenvalue weighted by atomic mass is 10.4. The van der Waals surface area contributed by atoms with Crippen molar-refractivity contribution in [3.8, 4) is 0 Å². The van der Waals surface area contributed by atoms with E-state index in [2.05, 4.69) is 10.1 Å². The molecule has 122 valence electrons. The molecule has 2 rings (SSSR count). The highest BCUT2D eigenvalue weighted by Crippen LogP contribution is 2.10. The summed E-state index contributed by atoms with van der Waals surface area (Å²) in [6, 6.07) is 6.05. The molecule has 2 aromatic rings. The Bertz CT molecular complexity index is 672. The monoisotopic (exact) mass is 321 g/mol. The minimum Gasteiger partial charge on any atom is -0.463 e. The Morgan fingerprint density at radius 3 is 2.70 bits per heavy atom. The van der Waals surface area contributed by atoms with Gasteiger partial charge in [-0.25, -0.2) is 4.79 Å². The summed E-state index contributed by atoms with van der Waals surface area (Å²) in [5.41, 5.74) is 0. The number of hydrogen-bond acceptors (Lipinski definition) is 7. The summed E-state index contributed by atoms with van der Waals surface area (Å²) < 4.78 is 19.5. The molecule has 0 aliphatic heterocycles. The second kappa shape index (κ2) is 7.83. The van der Waals surface area contributed by atoms with E-state index >= 15 is 0 Å². The summed E-state index contributed by atoms with van der Waals surface area (Å²) >= 11 is 0. The van der Waals surface area contributed by atoms with Gasteiger partial charge in [0.15, 0.2) is 5.76 Å². The molecule has 0 aliphatic rings. The zero-order valence-electron chi connectivity index (χ0n) is 12.4. The molecule has 8 nitrogen and oxygen atoms in total. The summed E-state index contributed by atoms with van der Waals surface area (Å²) in [7, 11) is 1.24. The van der Waals surface area contributed by atoms with Gasteiger partial charge in [0.25, 0.3) is 5.91 Å². The number of esters is 2. The molecular formula is C15H15NO7. The zero-order valence-corrected chi connectivity index (χ0v) is 12.4. The van der Waals surface area contributed by atoms with Gasteiger partial charge in [0.1, 0.15) is 12.4 Å². The molecule has 0 atom stereocenters. The number of hydrogen-bond donors (Lipinski definition) is 1. The maximum absolute atomic E-state index is 11.6. The van der Waals surface area contributed by atoms with Crippen LogP contribution in [0.4, 0.5) is 0 Å². The number of carbonyl (C=O) groups is 3. The van der Waals surface area contributed by atoms with E-state index in [1.807, 2.05) is 0 Å². The Hall–Kier alpha value is -3.03. The number of amides is 1. The Kier molecular flexibility index (Phi) is 5.56. The molecule has 2 heterocycles. The lowest BCUT2D eigenvalue weighted by Gasteiger charge is -2.04. The standard InChI is InChI=1S/C15H15NO7/c1-20-15(19)12-5-4-10(23-12)9-22-13(17)6-7-16-14(18)11-3-2-8-21-11/h2-5,8H,6-7,9H2,1H3,(H,16,18). The molecule has 0 spiro atoms. The fraction of sp³-hybridized carbons (Fsp3) is 0.267. The third-order valence-electron chi connectivity index (χ3n) is 2.78. The van der Waals surface area contributed by atoms with Crippen molar-refractivity contribution >= 4 is 17.8 Å². The topological polar surface area (TPSA) is 108 Å². The molecule has 0 fully saturated rings. The van der Waals surface area contributed by atoms with E-state index in [4.69, 9.17) is 13.6 Å². The van der Waals surface area contributed by atoms with Crippen molar-refractivity contribution in [2.45, 2.75) is 13.0 Å². The van der Waals surface area contributed by atoms with Crippen LogP contribution in [0.5, 0.6) is 0 Å². The van der Waals surface area contributed by atoms with Gasteiger partial charge in [-0.1, -0.05) is 0 Å². The smallest absolute Gasteiger partial charge is 0.373 e. The van der Waals surface area contributed by atoms with Crippen molar-refractivity contribution in [3.05, 3.63) is 47.8 Å². The molecule has 0 unspecified atom stereocenters. The first-order chi connectivity index (χ1) is 11.1. The lowest BCUT2D eigenvalue weighted by Crippen LogP contribution is -2.26. The van der Waals surface area contributed by atoms with Gasteiger partial charge >= 0.3 is 11.9 Å². The van der Waals surface area contributed by atoms with E-state index in [9.17, 15) is 14.4 Å². The largest absolute Gasteiger partial charge is 0.463 e. The first-order valence-corrected chi connectivity index (χ1v) is 6.74. The van der Waals surface area contributed by atoms with Gasteiger partial charge in [-0.3, -0.25) is 9.59 Å². The van der Waals surface area contributed by atoms with E-state index in [1.54, 1.807) is 6.07 Å². The Morgan fingerprint density at radius 2 is 2.00 bits per heavy atom. The highest BCUT2D eigenvalue weighted by molar-refractivity contribution is 5.91. The van der Waals surface area contributed by atoms with Gasteiger partial charge in [-0.2, -0.15) is 0 Å². The molecular weight excluding hydrogens is 306 g/mol. The molecule has 0 aromatic carbocycles. The lowest BCUT2D eigenvalue weighted by molar-refractivity contribution is -0.145. The highest BCUT2D eigenvalue weighted by Gasteiger charge is 2.13. The molecule has 1 amide bonds. The summed E-state index contributed by atoms with van der Waals surface area (Å²) in [5, 5.41) is 2.52. The van der Waals surface area contributed by atoms with Gasteiger partial charge in [0, 0.05) is 6.54 Å². The quantitative estimate of drug-likeness (QED) is 0.770. The fourth-order valence-electron chi connectivity index (χ4n) is 1.66. The van der Waals surface area contributed by atoms with Crippen molar-refractivity contribution in [2.75, 3.05) is 13.7 Å². The van der Waals surface area contributed by atoms with Crippen LogP contribution in [-0.2, 0) is 20.9 Å². The van der Waals surface area contributed by atoms with Gasteiger partial charge in [-0.15, -0.1) is 0 Å². The number of carbonyl (C=O) groups excluding carboxylic acids is 3. The Labute approximate surface area is 131 Å². The molecule has 0 saturated heterocycles. The number of methoxy groups -OCH3 is 1. The SMILES string of the molecule is COC(=O)c1ccc(COC(=O)CCNC(=O)c2ccco2)o1. The van der Waals surface area contributed by atoms with Crippen molar-refractivity contribution in [1.82, 2.24) is 5.32 Å². The maximum Gasteiger partial charge on any atom is 0.373 e. The summed E-state index contributed by atoms with van der Waals surface area (Å²) in [5.74, 6) is -1.01. The zero-order chi connectivity index (χ0) is 16.7. The first-order valence-electron chi connectivity index (χ1n) is 6.74. The normalized spacial score (nSPS) is 10.1. The third kappa shape index (κ3) is 4.73. The van der Waals surface area contributed by atoms with E-state index in [0.29, 0.717) is 5.76 Å². The second-order valence-electron chi connectivity index (χ2n) is 4.40. The van der Waals surface area contributed by atoms with E-state index in [0.717, 1.165) is 0 Å².